The first-order valence-corrected chi connectivity index (χ1v) is 9.72. The summed E-state index contributed by atoms with van der Waals surface area (Å²) in [6.07, 6.45) is -0.188. The van der Waals surface area contributed by atoms with Crippen LogP contribution in [0.1, 0.15) is 0 Å². The van der Waals surface area contributed by atoms with E-state index in [2.05, 4.69) is 30.4 Å². The summed E-state index contributed by atoms with van der Waals surface area (Å²) in [6.45, 7) is 0. The molecule has 1 aliphatic heterocycles. The quantitative estimate of drug-likeness (QED) is 0.415. The van der Waals surface area contributed by atoms with Crippen LogP contribution in [0, 0.1) is 0 Å². The van der Waals surface area contributed by atoms with Gasteiger partial charge in [-0.2, -0.15) is 5.11 Å². The van der Waals surface area contributed by atoms with Crippen LogP contribution in [0.3, 0.4) is 0 Å². The molecule has 0 fully saturated rings. The topological polar surface area (TPSA) is 82.4 Å². The summed E-state index contributed by atoms with van der Waals surface area (Å²) in [5.74, 6) is 0.617. The number of anilines is 1. The van der Waals surface area contributed by atoms with E-state index < -0.39 is 0 Å². The zero-order valence-corrected chi connectivity index (χ0v) is 15.6. The van der Waals surface area contributed by atoms with Gasteiger partial charge in [0, 0.05) is 22.3 Å². The number of thiocarbonyl (C=S) groups is 1. The lowest BCUT2D eigenvalue weighted by molar-refractivity contribution is 0.786. The standard InChI is InChI=1S/C18H13N7S2/c26-18-24-21-14(25(18)11-6-2-1-3-7-11)10-27-17-20-16-15(22-23-17)12-8-4-5-9-13(12)19-16/h1-9,14H,10H2,(H,19,20,23). The average Bonchev–Trinajstić information content (AvgIpc) is 3.26. The number of fused-ring (bicyclic) bond motifs is 3. The van der Waals surface area contributed by atoms with Gasteiger partial charge >= 0.3 is 0 Å². The lowest BCUT2D eigenvalue weighted by Crippen LogP contribution is -2.34. The molecule has 7 nitrogen and oxygen atoms in total. The Morgan fingerprint density at radius 3 is 2.74 bits per heavy atom. The maximum Gasteiger partial charge on any atom is 0.222 e. The number of thioether (sulfide) groups is 1. The van der Waals surface area contributed by atoms with Gasteiger partial charge in [-0.05, 0) is 30.4 Å². The second-order valence-electron chi connectivity index (χ2n) is 5.96. The Morgan fingerprint density at radius 1 is 1.04 bits per heavy atom. The van der Waals surface area contributed by atoms with Crippen molar-refractivity contribution in [3.05, 3.63) is 54.6 Å². The van der Waals surface area contributed by atoms with Gasteiger partial charge in [-0.1, -0.05) is 48.2 Å². The highest BCUT2D eigenvalue weighted by Crippen LogP contribution is 2.28. The number of rotatable bonds is 4. The van der Waals surface area contributed by atoms with E-state index in [1.807, 2.05) is 59.5 Å². The predicted molar refractivity (Wildman–Crippen MR) is 110 cm³/mol. The molecule has 9 heteroatoms. The summed E-state index contributed by atoms with van der Waals surface area (Å²) in [5.41, 5.74) is 3.49. The molecule has 5 rings (SSSR count). The van der Waals surface area contributed by atoms with Crippen LogP contribution >= 0.6 is 24.0 Å². The number of aromatic amines is 1. The van der Waals surface area contributed by atoms with Crippen molar-refractivity contribution in [3.63, 3.8) is 0 Å². The van der Waals surface area contributed by atoms with Gasteiger partial charge in [-0.15, -0.1) is 15.3 Å². The fraction of sp³-hybridized carbons (Fsp3) is 0.111. The van der Waals surface area contributed by atoms with Crippen LogP contribution in [-0.4, -0.2) is 37.2 Å². The molecule has 3 heterocycles. The molecule has 0 saturated heterocycles. The fourth-order valence-corrected chi connectivity index (χ4v) is 4.08. The van der Waals surface area contributed by atoms with E-state index in [1.54, 1.807) is 0 Å². The van der Waals surface area contributed by atoms with Crippen molar-refractivity contribution < 1.29 is 0 Å². The molecule has 1 N–H and O–H groups in total. The molecule has 132 valence electrons. The SMILES string of the molecule is S=C1N=NC(CSc2nnc3c(n2)[nH]c2ccccc23)N1c1ccccc1. The van der Waals surface area contributed by atoms with E-state index in [1.165, 1.54) is 11.8 Å². The van der Waals surface area contributed by atoms with Crippen LogP contribution in [0.2, 0.25) is 0 Å². The minimum atomic E-state index is -0.188. The number of nitrogens with zero attached hydrogens (tertiary/aromatic N) is 6. The van der Waals surface area contributed by atoms with Crippen molar-refractivity contribution in [1.29, 1.82) is 0 Å². The highest BCUT2D eigenvalue weighted by atomic mass is 32.2. The zero-order chi connectivity index (χ0) is 18.2. The molecule has 27 heavy (non-hydrogen) atoms. The molecule has 2 aromatic carbocycles. The van der Waals surface area contributed by atoms with Gasteiger partial charge < -0.3 is 4.98 Å². The summed E-state index contributed by atoms with van der Waals surface area (Å²) < 4.78 is 0. The van der Waals surface area contributed by atoms with Crippen LogP contribution in [0.25, 0.3) is 22.1 Å². The third-order valence-electron chi connectivity index (χ3n) is 4.28. The van der Waals surface area contributed by atoms with Gasteiger partial charge in [-0.3, -0.25) is 4.90 Å². The lowest BCUT2D eigenvalue weighted by atomic mass is 10.2. The molecule has 0 spiro atoms. The van der Waals surface area contributed by atoms with Crippen LogP contribution in [0.15, 0.2) is 70.0 Å². The number of H-pyrrole nitrogens is 1. The first kappa shape index (κ1) is 16.3. The summed E-state index contributed by atoms with van der Waals surface area (Å²) in [4.78, 5) is 9.83. The normalized spacial score (nSPS) is 16.7. The Bertz CT molecular complexity index is 1170. The number of benzene rings is 2. The molecule has 0 amide bonds. The summed E-state index contributed by atoms with van der Waals surface area (Å²) in [7, 11) is 0. The van der Waals surface area contributed by atoms with Crippen LogP contribution < -0.4 is 4.90 Å². The molecule has 1 aliphatic rings. The van der Waals surface area contributed by atoms with E-state index in [9.17, 15) is 0 Å². The molecule has 1 atom stereocenters. The fourth-order valence-electron chi connectivity index (χ4n) is 3.04. The molecule has 0 aliphatic carbocycles. The molecule has 0 bridgehead atoms. The number of nitrogens with one attached hydrogen (secondary N) is 1. The first-order chi connectivity index (χ1) is 13.3. The molecule has 4 aromatic rings. The zero-order valence-electron chi connectivity index (χ0n) is 14.0. The van der Waals surface area contributed by atoms with Gasteiger partial charge in [0.15, 0.2) is 11.8 Å². The average molecular weight is 391 g/mol. The molecular weight excluding hydrogens is 378 g/mol. The monoisotopic (exact) mass is 391 g/mol. The van der Waals surface area contributed by atoms with Crippen molar-refractivity contribution in [2.45, 2.75) is 11.3 Å². The maximum absolute atomic E-state index is 5.34. The first-order valence-electron chi connectivity index (χ1n) is 8.32. The second kappa shape index (κ2) is 6.67. The Kier molecular flexibility index (Phi) is 4.02. The maximum atomic E-state index is 5.34. The second-order valence-corrected chi connectivity index (χ2v) is 7.31. The van der Waals surface area contributed by atoms with E-state index in [0.717, 1.165) is 27.8 Å². The van der Waals surface area contributed by atoms with Crippen molar-refractivity contribution in [2.24, 2.45) is 10.2 Å². The van der Waals surface area contributed by atoms with E-state index in [-0.39, 0.29) is 6.17 Å². The Hall–Kier alpha value is -2.91. The van der Waals surface area contributed by atoms with Crippen molar-refractivity contribution in [1.82, 2.24) is 20.2 Å². The molecule has 0 saturated carbocycles. The highest BCUT2D eigenvalue weighted by molar-refractivity contribution is 7.99. The lowest BCUT2D eigenvalue weighted by Gasteiger charge is -2.22. The number of hydrogen-bond acceptors (Lipinski definition) is 6. The van der Waals surface area contributed by atoms with Crippen LogP contribution in [-0.2, 0) is 0 Å². The van der Waals surface area contributed by atoms with Crippen LogP contribution in [0.5, 0.6) is 0 Å². The summed E-state index contributed by atoms with van der Waals surface area (Å²) >= 11 is 6.82. The third kappa shape index (κ3) is 2.94. The smallest absolute Gasteiger partial charge is 0.222 e. The van der Waals surface area contributed by atoms with Gasteiger partial charge in [0.1, 0.15) is 5.52 Å². The number of para-hydroxylation sites is 2. The van der Waals surface area contributed by atoms with Gasteiger partial charge in [-0.25, -0.2) is 4.98 Å². The van der Waals surface area contributed by atoms with Gasteiger partial charge in [0.05, 0.1) is 0 Å². The largest absolute Gasteiger partial charge is 0.338 e. The van der Waals surface area contributed by atoms with E-state index >= 15 is 0 Å². The van der Waals surface area contributed by atoms with Crippen LogP contribution in [0.4, 0.5) is 5.69 Å². The summed E-state index contributed by atoms with van der Waals surface area (Å²) in [5, 5.41) is 19.1. The predicted octanol–water partition coefficient (Wildman–Crippen LogP) is 4.18. The third-order valence-corrected chi connectivity index (χ3v) is 5.45. The van der Waals surface area contributed by atoms with Crippen molar-refractivity contribution in [2.75, 3.05) is 10.7 Å². The molecule has 1 unspecified atom stereocenters. The Balaban J connectivity index is 1.38. The van der Waals surface area contributed by atoms with Crippen molar-refractivity contribution in [3.8, 4) is 0 Å². The number of aromatic nitrogens is 4. The van der Waals surface area contributed by atoms with E-state index in [0.29, 0.717) is 16.0 Å². The van der Waals surface area contributed by atoms with Gasteiger partial charge in [0.2, 0.25) is 10.3 Å². The number of hydrogen-bond donors (Lipinski definition) is 1. The summed E-state index contributed by atoms with van der Waals surface area (Å²) in [6, 6.07) is 17.9. The Morgan fingerprint density at radius 2 is 1.85 bits per heavy atom. The van der Waals surface area contributed by atoms with E-state index in [4.69, 9.17) is 12.2 Å². The highest BCUT2D eigenvalue weighted by Gasteiger charge is 2.28. The number of azo groups is 1. The molecular formula is C18H13N7S2. The van der Waals surface area contributed by atoms with Gasteiger partial charge in [0.25, 0.3) is 0 Å². The molecule has 2 aromatic heterocycles. The molecule has 0 radical (unpaired) electrons. The minimum Gasteiger partial charge on any atom is -0.338 e. The Labute approximate surface area is 163 Å². The minimum absolute atomic E-state index is 0.188. The van der Waals surface area contributed by atoms with Crippen molar-refractivity contribution >= 4 is 56.8 Å².